The maximum atomic E-state index is 13.6. The predicted molar refractivity (Wildman–Crippen MR) is 200 cm³/mol. The van der Waals surface area contributed by atoms with Crippen LogP contribution in [0.5, 0.6) is 5.75 Å². The number of aryl methyl sites for hydroxylation is 1. The molecule has 2 bridgehead atoms. The monoisotopic (exact) mass is 755 g/mol. The van der Waals surface area contributed by atoms with Gasteiger partial charge in [-0.1, -0.05) is 31.0 Å². The summed E-state index contributed by atoms with van der Waals surface area (Å²) in [5.41, 5.74) is 3.78. The second-order valence-corrected chi connectivity index (χ2v) is 19.1. The van der Waals surface area contributed by atoms with Crippen LogP contribution in [0.3, 0.4) is 0 Å². The fraction of sp³-hybridized carbons (Fsp3) is 0.675. The first-order valence-corrected chi connectivity index (χ1v) is 21.4. The van der Waals surface area contributed by atoms with Crippen LogP contribution in [0.2, 0.25) is 5.02 Å². The zero-order valence-corrected chi connectivity index (χ0v) is 32.1. The molecule has 284 valence electrons. The van der Waals surface area contributed by atoms with E-state index >= 15 is 0 Å². The summed E-state index contributed by atoms with van der Waals surface area (Å²) in [5, 5.41) is -0.00417. The van der Waals surface area contributed by atoms with Crippen LogP contribution in [0.15, 0.2) is 36.4 Å². The van der Waals surface area contributed by atoms with Gasteiger partial charge in [-0.25, -0.2) is 13.1 Å². The standard InChI is InChI=1S/C40H54ClN3O7S/c1-26-6-5-8-35(39-50-20-33(21-51-39)44-22-40(23-44)24-48-25-40)34-13-10-30(34)18-43-15-4-3-7-28-16-32(41)12-9-31(28)19-49-37-14-11-29(17-36(37)43)38(45)42-52(46,47)27(26)2/h9,11-12,14,16-17,26-27,30,33-35,39H,3-8,10,13,15,18-25H2,1-2H3,(H,42,45)/t26-,27+,30-,33?,34+,35-,39?/m0/s1. The number of nitrogens with zero attached hydrogens (tertiary/aromatic N) is 2. The first-order chi connectivity index (χ1) is 25.1. The summed E-state index contributed by atoms with van der Waals surface area (Å²) in [6.07, 6.45) is 7.34. The van der Waals surface area contributed by atoms with Gasteiger partial charge in [0, 0.05) is 48.1 Å². The van der Waals surface area contributed by atoms with Crippen molar-refractivity contribution in [3.05, 3.63) is 58.1 Å². The minimum atomic E-state index is -3.91. The van der Waals surface area contributed by atoms with Gasteiger partial charge in [0.1, 0.15) is 12.4 Å². The lowest BCUT2D eigenvalue weighted by Gasteiger charge is -2.58. The van der Waals surface area contributed by atoms with Crippen LogP contribution in [0.4, 0.5) is 5.69 Å². The van der Waals surface area contributed by atoms with Gasteiger partial charge in [0.05, 0.1) is 43.4 Å². The summed E-state index contributed by atoms with van der Waals surface area (Å²) >= 11 is 6.40. The van der Waals surface area contributed by atoms with Gasteiger partial charge >= 0.3 is 0 Å². The zero-order valence-electron chi connectivity index (χ0n) is 30.6. The fourth-order valence-corrected chi connectivity index (χ4v) is 10.9. The Balaban J connectivity index is 1.07. The van der Waals surface area contributed by atoms with Gasteiger partial charge in [-0.05, 0) is 111 Å². The van der Waals surface area contributed by atoms with Crippen molar-refractivity contribution in [3.8, 4) is 5.75 Å². The molecule has 6 aliphatic rings. The van der Waals surface area contributed by atoms with Crippen LogP contribution < -0.4 is 14.4 Å². The number of anilines is 1. The van der Waals surface area contributed by atoms with E-state index in [1.165, 1.54) is 5.56 Å². The molecule has 4 fully saturated rings. The summed E-state index contributed by atoms with van der Waals surface area (Å²) in [6.45, 7) is 10.9. The molecular weight excluding hydrogens is 702 g/mol. The maximum absolute atomic E-state index is 13.6. The van der Waals surface area contributed by atoms with Crippen molar-refractivity contribution in [1.82, 2.24) is 9.62 Å². The molecule has 2 aromatic rings. The molecule has 0 radical (unpaired) electrons. The van der Waals surface area contributed by atoms with E-state index in [0.717, 1.165) is 107 Å². The van der Waals surface area contributed by atoms with Gasteiger partial charge in [0.25, 0.3) is 5.91 Å². The number of rotatable bonds is 2. The molecule has 5 heterocycles. The molecule has 3 saturated heterocycles. The third-order valence-corrected chi connectivity index (χ3v) is 15.3. The number of ether oxygens (including phenoxy) is 4. The van der Waals surface area contributed by atoms with E-state index in [1.807, 2.05) is 37.3 Å². The SMILES string of the molecule is C[C@@H]1[C@@H](C)CCC[C@H](C2OCC(N3CC4(COC4)C3)CO2)[C@@H]2CC[C@H]2CN2CCCCc3cc(Cl)ccc3COc3ccc(cc32)C(=O)NS1(=O)=O. The van der Waals surface area contributed by atoms with Crippen LogP contribution in [-0.2, 0) is 37.3 Å². The Morgan fingerprint density at radius 1 is 0.904 bits per heavy atom. The fourth-order valence-electron chi connectivity index (χ4n) is 9.41. The van der Waals surface area contributed by atoms with Crippen molar-refractivity contribution in [1.29, 1.82) is 0 Å². The number of sulfonamides is 1. The van der Waals surface area contributed by atoms with Crippen molar-refractivity contribution in [2.24, 2.45) is 29.1 Å². The van der Waals surface area contributed by atoms with Gasteiger partial charge in [-0.3, -0.25) is 9.69 Å². The molecule has 5 aliphatic heterocycles. The molecule has 2 aromatic carbocycles. The number of carbonyl (C=O) groups excluding carboxylic acids is 1. The lowest BCUT2D eigenvalue weighted by Crippen LogP contribution is -2.70. The number of carbonyl (C=O) groups is 1. The number of amides is 1. The molecule has 12 heteroatoms. The first kappa shape index (κ1) is 36.6. The summed E-state index contributed by atoms with van der Waals surface area (Å²) in [4.78, 5) is 18.4. The maximum Gasteiger partial charge on any atom is 0.264 e. The molecule has 8 rings (SSSR count). The van der Waals surface area contributed by atoms with Crippen molar-refractivity contribution in [3.63, 3.8) is 0 Å². The number of benzene rings is 2. The summed E-state index contributed by atoms with van der Waals surface area (Å²) in [7, 11) is -3.91. The van der Waals surface area contributed by atoms with Crippen LogP contribution in [-0.4, -0.2) is 89.4 Å². The van der Waals surface area contributed by atoms with Gasteiger partial charge in [0.2, 0.25) is 10.0 Å². The van der Waals surface area contributed by atoms with E-state index in [4.69, 9.17) is 30.5 Å². The Morgan fingerprint density at radius 2 is 1.71 bits per heavy atom. The highest BCUT2D eigenvalue weighted by atomic mass is 35.5. The van der Waals surface area contributed by atoms with E-state index < -0.39 is 21.2 Å². The number of likely N-dealkylation sites (tertiary alicyclic amines) is 1. The molecule has 1 saturated carbocycles. The lowest BCUT2D eigenvalue weighted by molar-refractivity contribution is -0.267. The first-order valence-electron chi connectivity index (χ1n) is 19.5. The summed E-state index contributed by atoms with van der Waals surface area (Å²) < 4.78 is 54.7. The van der Waals surface area contributed by atoms with Gasteiger partial charge in [-0.15, -0.1) is 0 Å². The Bertz CT molecular complexity index is 1720. The highest BCUT2D eigenvalue weighted by molar-refractivity contribution is 7.90. The second-order valence-electron chi connectivity index (χ2n) is 16.6. The van der Waals surface area contributed by atoms with Gasteiger partial charge in [0.15, 0.2) is 6.29 Å². The minimum absolute atomic E-state index is 0.128. The van der Waals surface area contributed by atoms with Crippen molar-refractivity contribution in [2.45, 2.75) is 89.4 Å². The average molecular weight is 756 g/mol. The predicted octanol–water partition coefficient (Wildman–Crippen LogP) is 6.05. The van der Waals surface area contributed by atoms with E-state index in [1.54, 1.807) is 13.0 Å². The third kappa shape index (κ3) is 7.47. The van der Waals surface area contributed by atoms with Crippen molar-refractivity contribution >= 4 is 33.2 Å². The van der Waals surface area contributed by atoms with E-state index in [9.17, 15) is 13.2 Å². The molecule has 1 aliphatic carbocycles. The molecule has 1 amide bonds. The number of hydrogen-bond donors (Lipinski definition) is 1. The smallest absolute Gasteiger partial charge is 0.264 e. The quantitative estimate of drug-likeness (QED) is 0.393. The molecular formula is C40H54ClN3O7S. The highest BCUT2D eigenvalue weighted by Crippen LogP contribution is 2.47. The zero-order chi connectivity index (χ0) is 36.0. The Kier molecular flexibility index (Phi) is 10.6. The number of hydrogen-bond acceptors (Lipinski definition) is 9. The highest BCUT2D eigenvalue weighted by Gasteiger charge is 2.52. The summed E-state index contributed by atoms with van der Waals surface area (Å²) in [6, 6.07) is 11.6. The van der Waals surface area contributed by atoms with Crippen LogP contribution >= 0.6 is 11.6 Å². The average Bonchev–Trinajstić information content (AvgIpc) is 3.11. The van der Waals surface area contributed by atoms with E-state index in [0.29, 0.717) is 48.4 Å². The molecule has 1 spiro atoms. The molecule has 5 atom stereocenters. The topological polar surface area (TPSA) is 107 Å². The third-order valence-electron chi connectivity index (χ3n) is 13.1. The Morgan fingerprint density at radius 3 is 2.44 bits per heavy atom. The molecule has 0 aromatic heterocycles. The van der Waals surface area contributed by atoms with Crippen LogP contribution in [0, 0.1) is 29.1 Å². The van der Waals surface area contributed by atoms with Crippen LogP contribution in [0.1, 0.15) is 80.3 Å². The Hall–Kier alpha value is -2.41. The van der Waals surface area contributed by atoms with Crippen molar-refractivity contribution < 1.29 is 32.2 Å². The van der Waals surface area contributed by atoms with Crippen molar-refractivity contribution in [2.75, 3.05) is 57.5 Å². The lowest BCUT2D eigenvalue weighted by atomic mass is 9.65. The van der Waals surface area contributed by atoms with Gasteiger partial charge < -0.3 is 23.8 Å². The summed E-state index contributed by atoms with van der Waals surface area (Å²) in [5.74, 6) is 1.02. The molecule has 52 heavy (non-hydrogen) atoms. The number of halogens is 1. The Labute approximate surface area is 313 Å². The molecule has 10 nitrogen and oxygen atoms in total. The largest absolute Gasteiger partial charge is 0.487 e. The minimum Gasteiger partial charge on any atom is -0.487 e. The van der Waals surface area contributed by atoms with E-state index in [-0.39, 0.29) is 24.2 Å². The normalized spacial score (nSPS) is 33.8. The number of nitrogens with one attached hydrogen (secondary N) is 1. The van der Waals surface area contributed by atoms with Gasteiger partial charge in [-0.2, -0.15) is 0 Å². The van der Waals surface area contributed by atoms with Crippen LogP contribution in [0.25, 0.3) is 0 Å². The number of fused-ring (bicyclic) bond motifs is 3. The molecule has 1 N–H and O–H groups in total. The molecule has 0 unspecified atom stereocenters. The van der Waals surface area contributed by atoms with E-state index in [2.05, 4.69) is 14.5 Å². The second kappa shape index (κ2) is 15.0.